The van der Waals surface area contributed by atoms with Crippen molar-refractivity contribution in [2.45, 2.75) is 32.2 Å². The maximum Gasteiger partial charge on any atom is 0.0621 e. The van der Waals surface area contributed by atoms with Crippen LogP contribution < -0.4 is 5.73 Å². The highest BCUT2D eigenvalue weighted by Crippen LogP contribution is 2.48. The molecule has 14 heavy (non-hydrogen) atoms. The van der Waals surface area contributed by atoms with Gasteiger partial charge in [0.25, 0.3) is 0 Å². The monoisotopic (exact) mass is 210 g/mol. The van der Waals surface area contributed by atoms with Gasteiger partial charge in [0.05, 0.1) is 5.02 Å². The van der Waals surface area contributed by atoms with E-state index >= 15 is 0 Å². The van der Waals surface area contributed by atoms with E-state index in [-0.39, 0.29) is 6.04 Å². The summed E-state index contributed by atoms with van der Waals surface area (Å²) in [6, 6.07) is 2.18. The van der Waals surface area contributed by atoms with Crippen LogP contribution in [-0.2, 0) is 6.42 Å². The summed E-state index contributed by atoms with van der Waals surface area (Å²) in [5.74, 6) is 0. The summed E-state index contributed by atoms with van der Waals surface area (Å²) in [6.07, 6.45) is 6.80. The first-order valence-electron chi connectivity index (χ1n) is 4.96. The van der Waals surface area contributed by atoms with Gasteiger partial charge in [-0.1, -0.05) is 18.5 Å². The molecule has 3 heteroatoms. The number of nitrogens with zero attached hydrogens (tertiary/aromatic N) is 1. The van der Waals surface area contributed by atoms with Gasteiger partial charge in [0.2, 0.25) is 0 Å². The summed E-state index contributed by atoms with van der Waals surface area (Å²) in [5, 5.41) is 0.729. The third-order valence-electron chi connectivity index (χ3n) is 3.23. The van der Waals surface area contributed by atoms with Gasteiger partial charge >= 0.3 is 0 Å². The minimum Gasteiger partial charge on any atom is -0.327 e. The van der Waals surface area contributed by atoms with E-state index in [0.717, 1.165) is 17.0 Å². The Balaban J connectivity index is 2.07. The second-order valence-corrected chi connectivity index (χ2v) is 4.84. The zero-order valence-electron chi connectivity index (χ0n) is 8.33. The SMILES string of the molecule is CC1(C(N)Cc2ccncc2Cl)CC1. The first kappa shape index (κ1) is 9.94. The smallest absolute Gasteiger partial charge is 0.0621 e. The van der Waals surface area contributed by atoms with Gasteiger partial charge in [-0.3, -0.25) is 4.98 Å². The zero-order valence-corrected chi connectivity index (χ0v) is 9.09. The number of pyridine rings is 1. The predicted octanol–water partition coefficient (Wildman–Crippen LogP) is 2.40. The van der Waals surface area contributed by atoms with Gasteiger partial charge < -0.3 is 5.73 Å². The van der Waals surface area contributed by atoms with Crippen molar-refractivity contribution in [1.82, 2.24) is 4.98 Å². The molecule has 1 atom stereocenters. The lowest BCUT2D eigenvalue weighted by molar-refractivity contribution is 0.433. The highest BCUT2D eigenvalue weighted by molar-refractivity contribution is 6.31. The molecule has 1 aromatic rings. The summed E-state index contributed by atoms with van der Waals surface area (Å²) in [5.41, 5.74) is 7.60. The molecule has 76 valence electrons. The molecule has 0 amide bonds. The lowest BCUT2D eigenvalue weighted by Gasteiger charge is -2.18. The van der Waals surface area contributed by atoms with Crippen LogP contribution in [0.3, 0.4) is 0 Å². The van der Waals surface area contributed by atoms with Crippen LogP contribution in [0.25, 0.3) is 0 Å². The molecule has 0 bridgehead atoms. The molecule has 0 radical (unpaired) electrons. The van der Waals surface area contributed by atoms with Crippen molar-refractivity contribution in [1.29, 1.82) is 0 Å². The standard InChI is InChI=1S/C11H15ClN2/c1-11(3-4-11)10(13)6-8-2-5-14-7-9(8)12/h2,5,7,10H,3-4,6,13H2,1H3. The van der Waals surface area contributed by atoms with E-state index in [1.165, 1.54) is 12.8 Å². The van der Waals surface area contributed by atoms with Gasteiger partial charge in [0.1, 0.15) is 0 Å². The summed E-state index contributed by atoms with van der Waals surface area (Å²) in [4.78, 5) is 3.96. The third kappa shape index (κ3) is 1.91. The zero-order chi connectivity index (χ0) is 10.2. The molecule has 1 heterocycles. The van der Waals surface area contributed by atoms with Crippen LogP contribution in [0.15, 0.2) is 18.5 Å². The van der Waals surface area contributed by atoms with Crippen LogP contribution in [-0.4, -0.2) is 11.0 Å². The Labute approximate surface area is 89.5 Å². The molecule has 1 unspecified atom stereocenters. The van der Waals surface area contributed by atoms with Crippen LogP contribution in [0.4, 0.5) is 0 Å². The van der Waals surface area contributed by atoms with Gasteiger partial charge in [0, 0.05) is 18.4 Å². The Kier molecular flexibility index (Phi) is 2.50. The summed E-state index contributed by atoms with van der Waals surface area (Å²) in [6.45, 7) is 2.24. The minimum absolute atomic E-state index is 0.224. The van der Waals surface area contributed by atoms with Crippen LogP contribution >= 0.6 is 11.6 Å². The molecule has 0 aliphatic heterocycles. The molecule has 1 aliphatic rings. The van der Waals surface area contributed by atoms with E-state index in [2.05, 4.69) is 11.9 Å². The fraction of sp³-hybridized carbons (Fsp3) is 0.545. The van der Waals surface area contributed by atoms with Gasteiger partial charge in [-0.05, 0) is 36.3 Å². The Hall–Kier alpha value is -0.600. The van der Waals surface area contributed by atoms with Crippen LogP contribution in [0, 0.1) is 5.41 Å². The van der Waals surface area contributed by atoms with E-state index in [0.29, 0.717) is 5.41 Å². The average molecular weight is 211 g/mol. The van der Waals surface area contributed by atoms with Crippen LogP contribution in [0.5, 0.6) is 0 Å². The van der Waals surface area contributed by atoms with Gasteiger partial charge in [-0.2, -0.15) is 0 Å². The van der Waals surface area contributed by atoms with Crippen LogP contribution in [0.1, 0.15) is 25.3 Å². The number of hydrogen-bond donors (Lipinski definition) is 1. The second kappa shape index (κ2) is 3.52. The molecule has 1 fully saturated rings. The molecule has 0 aromatic carbocycles. The van der Waals surface area contributed by atoms with Crippen molar-refractivity contribution in [3.05, 3.63) is 29.0 Å². The van der Waals surface area contributed by atoms with Crippen molar-refractivity contribution < 1.29 is 0 Å². The number of rotatable bonds is 3. The van der Waals surface area contributed by atoms with Crippen molar-refractivity contribution in [3.63, 3.8) is 0 Å². The van der Waals surface area contributed by atoms with Crippen molar-refractivity contribution in [2.75, 3.05) is 0 Å². The fourth-order valence-electron chi connectivity index (χ4n) is 1.62. The van der Waals surface area contributed by atoms with Gasteiger partial charge in [0.15, 0.2) is 0 Å². The second-order valence-electron chi connectivity index (χ2n) is 4.43. The normalized spacial score (nSPS) is 20.5. The molecule has 1 saturated carbocycles. The van der Waals surface area contributed by atoms with E-state index in [4.69, 9.17) is 17.3 Å². The summed E-state index contributed by atoms with van der Waals surface area (Å²) in [7, 11) is 0. The molecule has 2 rings (SSSR count). The summed E-state index contributed by atoms with van der Waals surface area (Å²) < 4.78 is 0. The fourth-order valence-corrected chi connectivity index (χ4v) is 1.82. The number of nitrogens with two attached hydrogens (primary N) is 1. The molecule has 1 aliphatic carbocycles. The maximum absolute atomic E-state index is 6.14. The van der Waals surface area contributed by atoms with E-state index in [1.54, 1.807) is 12.4 Å². The highest BCUT2D eigenvalue weighted by Gasteiger charge is 2.42. The molecule has 2 N–H and O–H groups in total. The highest BCUT2D eigenvalue weighted by atomic mass is 35.5. The molecule has 2 nitrogen and oxygen atoms in total. The molecule has 0 saturated heterocycles. The van der Waals surface area contributed by atoms with Crippen LogP contribution in [0.2, 0.25) is 5.02 Å². The topological polar surface area (TPSA) is 38.9 Å². The molecular formula is C11H15ClN2. The Bertz CT molecular complexity index is 334. The minimum atomic E-state index is 0.224. The quantitative estimate of drug-likeness (QED) is 0.832. The van der Waals surface area contributed by atoms with Crippen molar-refractivity contribution in [2.24, 2.45) is 11.1 Å². The van der Waals surface area contributed by atoms with E-state index in [1.807, 2.05) is 6.07 Å². The first-order valence-corrected chi connectivity index (χ1v) is 5.33. The van der Waals surface area contributed by atoms with Gasteiger partial charge in [-0.15, -0.1) is 0 Å². The van der Waals surface area contributed by atoms with E-state index in [9.17, 15) is 0 Å². The number of aromatic nitrogens is 1. The average Bonchev–Trinajstić information content (AvgIpc) is 2.89. The lowest BCUT2D eigenvalue weighted by Crippen LogP contribution is -2.31. The largest absolute Gasteiger partial charge is 0.327 e. The molecule has 1 aromatic heterocycles. The first-order chi connectivity index (χ1) is 6.62. The molecular weight excluding hydrogens is 196 g/mol. The molecule has 0 spiro atoms. The van der Waals surface area contributed by atoms with Crippen molar-refractivity contribution >= 4 is 11.6 Å². The van der Waals surface area contributed by atoms with Crippen molar-refractivity contribution in [3.8, 4) is 0 Å². The Morgan fingerprint density at radius 3 is 2.93 bits per heavy atom. The Morgan fingerprint density at radius 1 is 1.64 bits per heavy atom. The maximum atomic E-state index is 6.14. The number of halogens is 1. The Morgan fingerprint density at radius 2 is 2.36 bits per heavy atom. The third-order valence-corrected chi connectivity index (χ3v) is 3.57. The lowest BCUT2D eigenvalue weighted by atomic mass is 9.94. The summed E-state index contributed by atoms with van der Waals surface area (Å²) >= 11 is 6.02. The number of hydrogen-bond acceptors (Lipinski definition) is 2. The predicted molar refractivity (Wildman–Crippen MR) is 58.3 cm³/mol. The van der Waals surface area contributed by atoms with Gasteiger partial charge in [-0.25, -0.2) is 0 Å². The van der Waals surface area contributed by atoms with E-state index < -0.39 is 0 Å².